The van der Waals surface area contributed by atoms with Gasteiger partial charge in [-0.3, -0.25) is 0 Å². The molecule has 1 aromatic heterocycles. The largest absolute Gasteiger partial charge is 0.480 e. The molecule has 0 bridgehead atoms. The van der Waals surface area contributed by atoms with E-state index >= 15 is 0 Å². The monoisotopic (exact) mass is 209 g/mol. The summed E-state index contributed by atoms with van der Waals surface area (Å²) in [5.74, 6) is -0.883. The van der Waals surface area contributed by atoms with Gasteiger partial charge in [0.05, 0.1) is 18.1 Å². The molecule has 2 N–H and O–H groups in total. The highest BCUT2D eigenvalue weighted by Crippen LogP contribution is 2.22. The summed E-state index contributed by atoms with van der Waals surface area (Å²) >= 11 is 0. The van der Waals surface area contributed by atoms with E-state index in [1.807, 2.05) is 20.8 Å². The van der Waals surface area contributed by atoms with Crippen LogP contribution in [-0.2, 0) is 4.79 Å². The predicted molar refractivity (Wildman–Crippen MR) is 56.5 cm³/mol. The minimum Gasteiger partial charge on any atom is -0.480 e. The minimum atomic E-state index is -0.883. The zero-order chi connectivity index (χ0) is 11.5. The number of hydrogen-bond donors (Lipinski definition) is 2. The summed E-state index contributed by atoms with van der Waals surface area (Å²) in [7, 11) is 0. The summed E-state index contributed by atoms with van der Waals surface area (Å²) < 4.78 is 0. The van der Waals surface area contributed by atoms with Crippen molar-refractivity contribution in [2.45, 2.75) is 26.8 Å². The van der Waals surface area contributed by atoms with E-state index in [0.29, 0.717) is 5.69 Å². The van der Waals surface area contributed by atoms with Crippen LogP contribution < -0.4 is 5.32 Å². The summed E-state index contributed by atoms with van der Waals surface area (Å²) in [6, 6.07) is -0.663. The van der Waals surface area contributed by atoms with Crippen LogP contribution in [0.2, 0.25) is 0 Å². The zero-order valence-electron chi connectivity index (χ0n) is 9.06. The highest BCUT2D eigenvalue weighted by molar-refractivity contribution is 5.78. The van der Waals surface area contributed by atoms with E-state index in [9.17, 15) is 4.79 Å². The Bertz CT molecular complexity index is 332. The average Bonchev–Trinajstić information content (AvgIpc) is 2.13. The van der Waals surface area contributed by atoms with E-state index < -0.39 is 12.0 Å². The normalized spacial score (nSPS) is 13.3. The number of carbonyl (C=O) groups is 1. The van der Waals surface area contributed by atoms with Crippen molar-refractivity contribution >= 4 is 11.7 Å². The van der Waals surface area contributed by atoms with Crippen molar-refractivity contribution in [1.29, 1.82) is 0 Å². The van der Waals surface area contributed by atoms with Crippen LogP contribution in [-0.4, -0.2) is 27.1 Å². The van der Waals surface area contributed by atoms with Crippen LogP contribution in [0.15, 0.2) is 18.7 Å². The van der Waals surface area contributed by atoms with Gasteiger partial charge in [-0.15, -0.1) is 0 Å². The van der Waals surface area contributed by atoms with E-state index in [0.717, 1.165) is 0 Å². The first-order chi connectivity index (χ1) is 6.91. The van der Waals surface area contributed by atoms with Crippen LogP contribution in [0.4, 0.5) is 5.69 Å². The van der Waals surface area contributed by atoms with Gasteiger partial charge in [0.15, 0.2) is 0 Å². The van der Waals surface area contributed by atoms with Crippen molar-refractivity contribution in [2.24, 2.45) is 5.41 Å². The topological polar surface area (TPSA) is 75.1 Å². The van der Waals surface area contributed by atoms with E-state index in [2.05, 4.69) is 15.3 Å². The molecule has 82 valence electrons. The summed E-state index contributed by atoms with van der Waals surface area (Å²) in [6.07, 6.45) is 4.50. The first-order valence-electron chi connectivity index (χ1n) is 4.65. The number of nitrogens with zero attached hydrogens (tertiary/aromatic N) is 2. The molecule has 0 aliphatic heterocycles. The molecule has 1 heterocycles. The number of rotatable bonds is 3. The van der Waals surface area contributed by atoms with Gasteiger partial charge in [0.25, 0.3) is 0 Å². The Morgan fingerprint density at radius 1 is 1.40 bits per heavy atom. The summed E-state index contributed by atoms with van der Waals surface area (Å²) in [4.78, 5) is 18.7. The van der Waals surface area contributed by atoms with Gasteiger partial charge in [-0.2, -0.15) is 0 Å². The molecule has 5 heteroatoms. The Hall–Kier alpha value is -1.65. The van der Waals surface area contributed by atoms with Gasteiger partial charge in [0, 0.05) is 0 Å². The Labute approximate surface area is 88.6 Å². The molecule has 15 heavy (non-hydrogen) atoms. The molecule has 0 saturated carbocycles. The van der Waals surface area contributed by atoms with E-state index in [4.69, 9.17) is 5.11 Å². The fraction of sp³-hybridized carbons (Fsp3) is 0.500. The lowest BCUT2D eigenvalue weighted by Gasteiger charge is -2.28. The van der Waals surface area contributed by atoms with Crippen molar-refractivity contribution in [1.82, 2.24) is 9.97 Å². The van der Waals surface area contributed by atoms with Crippen LogP contribution >= 0.6 is 0 Å². The molecule has 5 nitrogen and oxygen atoms in total. The minimum absolute atomic E-state index is 0.373. The molecule has 1 unspecified atom stereocenters. The standard InChI is InChI=1S/C10H15N3O2/c1-10(2,3)8(9(14)15)13-7-4-11-6-12-5-7/h4-6,8,13H,1-3H3,(H,14,15). The van der Waals surface area contributed by atoms with Gasteiger partial charge in [-0.1, -0.05) is 20.8 Å². The molecule has 0 aliphatic rings. The number of aromatic nitrogens is 2. The van der Waals surface area contributed by atoms with Crippen LogP contribution in [0.1, 0.15) is 20.8 Å². The Morgan fingerprint density at radius 2 is 1.93 bits per heavy atom. The van der Waals surface area contributed by atoms with Gasteiger partial charge in [0.2, 0.25) is 0 Å². The second kappa shape index (κ2) is 4.25. The van der Waals surface area contributed by atoms with Gasteiger partial charge in [0.1, 0.15) is 12.4 Å². The number of aliphatic carboxylic acids is 1. The molecule has 0 amide bonds. The van der Waals surface area contributed by atoms with E-state index in [-0.39, 0.29) is 5.41 Å². The number of hydrogen-bond acceptors (Lipinski definition) is 4. The van der Waals surface area contributed by atoms with Crippen LogP contribution in [0.25, 0.3) is 0 Å². The lowest BCUT2D eigenvalue weighted by Crippen LogP contribution is -2.41. The van der Waals surface area contributed by atoms with Crippen molar-refractivity contribution < 1.29 is 9.90 Å². The third-order valence-corrected chi connectivity index (χ3v) is 1.98. The quantitative estimate of drug-likeness (QED) is 0.786. The molecule has 1 rings (SSSR count). The molecule has 0 radical (unpaired) electrons. The maximum Gasteiger partial charge on any atom is 0.326 e. The summed E-state index contributed by atoms with van der Waals surface area (Å²) in [5, 5.41) is 12.0. The van der Waals surface area contributed by atoms with E-state index in [1.165, 1.54) is 6.33 Å². The fourth-order valence-electron chi connectivity index (χ4n) is 1.19. The highest BCUT2D eigenvalue weighted by Gasteiger charge is 2.31. The van der Waals surface area contributed by atoms with Gasteiger partial charge in [-0.05, 0) is 5.41 Å². The fourth-order valence-corrected chi connectivity index (χ4v) is 1.19. The molecule has 1 atom stereocenters. The van der Waals surface area contributed by atoms with Crippen LogP contribution in [0.3, 0.4) is 0 Å². The lowest BCUT2D eigenvalue weighted by molar-refractivity contribution is -0.140. The van der Waals surface area contributed by atoms with Crippen molar-refractivity contribution in [3.8, 4) is 0 Å². The Balaban J connectivity index is 2.82. The summed E-state index contributed by atoms with van der Waals surface area (Å²) in [5.41, 5.74) is 0.238. The first kappa shape index (κ1) is 11.4. The highest BCUT2D eigenvalue weighted by atomic mass is 16.4. The third-order valence-electron chi connectivity index (χ3n) is 1.98. The number of anilines is 1. The molecular weight excluding hydrogens is 194 g/mol. The molecule has 0 aromatic carbocycles. The number of carboxylic acid groups (broad SMARTS) is 1. The molecular formula is C10H15N3O2. The zero-order valence-corrected chi connectivity index (χ0v) is 9.06. The third kappa shape index (κ3) is 3.19. The number of carboxylic acids is 1. The second-order valence-corrected chi connectivity index (χ2v) is 4.41. The molecule has 0 saturated heterocycles. The SMILES string of the molecule is CC(C)(C)C(Nc1cncnc1)C(=O)O. The molecule has 1 aromatic rings. The van der Waals surface area contributed by atoms with Crippen molar-refractivity contribution in [2.75, 3.05) is 5.32 Å². The maximum atomic E-state index is 11.0. The molecule has 0 fully saturated rings. The summed E-state index contributed by atoms with van der Waals surface area (Å²) in [6.45, 7) is 5.59. The number of nitrogens with one attached hydrogen (secondary N) is 1. The van der Waals surface area contributed by atoms with Gasteiger partial charge >= 0.3 is 5.97 Å². The van der Waals surface area contributed by atoms with Crippen molar-refractivity contribution in [3.05, 3.63) is 18.7 Å². The average molecular weight is 209 g/mol. The first-order valence-corrected chi connectivity index (χ1v) is 4.65. The molecule has 0 spiro atoms. The van der Waals surface area contributed by atoms with Crippen LogP contribution in [0, 0.1) is 5.41 Å². The van der Waals surface area contributed by atoms with E-state index in [1.54, 1.807) is 12.4 Å². The van der Waals surface area contributed by atoms with Gasteiger partial charge < -0.3 is 10.4 Å². The maximum absolute atomic E-state index is 11.0. The lowest BCUT2D eigenvalue weighted by atomic mass is 9.87. The Kier molecular flexibility index (Phi) is 3.24. The predicted octanol–water partition coefficient (Wildman–Crippen LogP) is 1.39. The molecule has 0 aliphatic carbocycles. The second-order valence-electron chi connectivity index (χ2n) is 4.41. The Morgan fingerprint density at radius 3 is 2.33 bits per heavy atom. The van der Waals surface area contributed by atoms with Crippen LogP contribution in [0.5, 0.6) is 0 Å². The van der Waals surface area contributed by atoms with Crippen molar-refractivity contribution in [3.63, 3.8) is 0 Å². The smallest absolute Gasteiger partial charge is 0.326 e. The van der Waals surface area contributed by atoms with Gasteiger partial charge in [-0.25, -0.2) is 14.8 Å².